The van der Waals surface area contributed by atoms with Crippen LogP contribution in [0.15, 0.2) is 30.3 Å². The molecule has 0 saturated carbocycles. The van der Waals surface area contributed by atoms with Crippen molar-refractivity contribution in [3.8, 4) is 0 Å². The van der Waals surface area contributed by atoms with E-state index in [4.69, 9.17) is 2.74 Å². The van der Waals surface area contributed by atoms with Gasteiger partial charge in [0.15, 0.2) is 0 Å². The van der Waals surface area contributed by atoms with Gasteiger partial charge < -0.3 is 5.11 Å². The van der Waals surface area contributed by atoms with Gasteiger partial charge in [0.25, 0.3) is 0 Å². The largest absolute Gasteiger partial charge is 0.384 e. The number of benzene rings is 1. The smallest absolute Gasteiger partial charge is 0.102 e. The van der Waals surface area contributed by atoms with Crippen LogP contribution >= 0.6 is 11.3 Å². The number of nitrogens with zero attached hydrogens (tertiary/aromatic N) is 1. The summed E-state index contributed by atoms with van der Waals surface area (Å²) in [5, 5.41) is 11.6. The van der Waals surface area contributed by atoms with Gasteiger partial charge >= 0.3 is 0 Å². The molecule has 2 aromatic rings. The molecule has 1 aromatic heterocycles. The first-order valence-electron chi connectivity index (χ1n) is 6.49. The Kier molecular flexibility index (Phi) is 2.65. The van der Waals surface area contributed by atoms with E-state index in [0.717, 1.165) is 5.01 Å². The van der Waals surface area contributed by atoms with Crippen LogP contribution in [-0.4, -0.2) is 10.1 Å². The Morgan fingerprint density at radius 2 is 2.00 bits per heavy atom. The van der Waals surface area contributed by atoms with Gasteiger partial charge in [0.2, 0.25) is 0 Å². The molecule has 17 heavy (non-hydrogen) atoms. The molecule has 90 valence electrons. The number of hydrogen-bond acceptors (Lipinski definition) is 3. The van der Waals surface area contributed by atoms with Crippen molar-refractivity contribution in [1.82, 2.24) is 4.98 Å². The van der Waals surface area contributed by atoms with Crippen molar-refractivity contribution in [2.24, 2.45) is 0 Å². The second-order valence-electron chi connectivity index (χ2n) is 4.21. The monoisotopic (exact) mass is 249 g/mol. The molecule has 0 aliphatic heterocycles. The molecule has 0 aliphatic rings. The molecule has 2 nitrogen and oxygen atoms in total. The van der Waals surface area contributed by atoms with Gasteiger partial charge in [-0.05, 0) is 26.3 Å². The molecule has 1 heterocycles. The lowest BCUT2D eigenvalue weighted by molar-refractivity contribution is 0.0606. The first kappa shape index (κ1) is 9.80. The van der Waals surface area contributed by atoms with E-state index in [1.54, 1.807) is 31.2 Å². The molecule has 0 saturated heterocycles. The highest BCUT2D eigenvalue weighted by Gasteiger charge is 2.28. The Balaban J connectivity index is 2.52. The van der Waals surface area contributed by atoms with Crippen LogP contribution in [0.1, 0.15) is 30.8 Å². The normalized spacial score (nSPS) is 17.2. The molecule has 0 amide bonds. The van der Waals surface area contributed by atoms with Gasteiger partial charge in [-0.15, -0.1) is 11.3 Å². The Bertz CT molecular complexity index is 578. The summed E-state index contributed by atoms with van der Waals surface area (Å²) in [5.41, 5.74) is -0.456. The van der Waals surface area contributed by atoms with Crippen molar-refractivity contribution in [2.75, 3.05) is 0 Å². The van der Waals surface area contributed by atoms with Gasteiger partial charge in [-0.25, -0.2) is 4.98 Å². The lowest BCUT2D eigenvalue weighted by Crippen LogP contribution is -2.23. The molecule has 2 rings (SSSR count). The van der Waals surface area contributed by atoms with E-state index in [-0.39, 0.29) is 0 Å². The Hall–Kier alpha value is -1.19. The fraction of sp³-hybridized carbons (Fsp3) is 0.357. The molecule has 0 aliphatic carbocycles. The maximum atomic E-state index is 10.8. The number of thiazole rings is 1. The van der Waals surface area contributed by atoms with Crippen LogP contribution in [0, 0.1) is 13.8 Å². The molecule has 0 spiro atoms. The zero-order valence-corrected chi connectivity index (χ0v) is 11.0. The van der Waals surface area contributed by atoms with Crippen LogP contribution in [-0.2, 0) is 12.0 Å². The third-order valence-corrected chi connectivity index (χ3v) is 3.79. The van der Waals surface area contributed by atoms with E-state index >= 15 is 0 Å². The number of rotatable bonds is 3. The summed E-state index contributed by atoms with van der Waals surface area (Å²) in [4.78, 5) is 4.86. The highest BCUT2D eigenvalue weighted by atomic mass is 32.1. The molecule has 0 fully saturated rings. The second-order valence-corrected chi connectivity index (χ2v) is 5.41. The van der Waals surface area contributed by atoms with Crippen LogP contribution < -0.4 is 0 Å². The highest BCUT2D eigenvalue weighted by Crippen LogP contribution is 2.32. The minimum absolute atomic E-state index is 0.463. The summed E-state index contributed by atoms with van der Waals surface area (Å²) in [6.07, 6.45) is -1.88. The van der Waals surface area contributed by atoms with Crippen LogP contribution in [0.25, 0.3) is 0 Å². The predicted molar refractivity (Wildman–Crippen MR) is 71.3 cm³/mol. The van der Waals surface area contributed by atoms with E-state index in [0.29, 0.717) is 16.1 Å². The summed E-state index contributed by atoms with van der Waals surface area (Å²) in [6, 6.07) is 8.76. The Labute approximate surface area is 109 Å². The maximum Gasteiger partial charge on any atom is 0.102 e. The SMILES string of the molecule is [2H]C([2H])(c1ccccc1)C(C)(O)c1sc(C)nc1C. The first-order chi connectivity index (χ1) is 8.76. The predicted octanol–water partition coefficient (Wildman–Crippen LogP) is 3.21. The summed E-state index contributed by atoms with van der Waals surface area (Å²) < 4.78 is 16.6. The molecule has 1 N–H and O–H groups in total. The van der Waals surface area contributed by atoms with Gasteiger partial charge in [0, 0.05) is 9.11 Å². The Morgan fingerprint density at radius 3 is 2.53 bits per heavy atom. The average molecular weight is 249 g/mol. The van der Waals surface area contributed by atoms with Crippen molar-refractivity contribution in [3.63, 3.8) is 0 Å². The third-order valence-electron chi connectivity index (χ3n) is 2.51. The van der Waals surface area contributed by atoms with Crippen LogP contribution in [0.2, 0.25) is 0 Å². The van der Waals surface area contributed by atoms with Gasteiger partial charge in [-0.1, -0.05) is 30.3 Å². The minimum Gasteiger partial charge on any atom is -0.384 e. The Morgan fingerprint density at radius 1 is 1.35 bits per heavy atom. The molecule has 3 heteroatoms. The maximum absolute atomic E-state index is 10.8. The zero-order valence-electron chi connectivity index (χ0n) is 12.2. The minimum atomic E-state index is -1.88. The zero-order chi connectivity index (χ0) is 14.3. The van der Waals surface area contributed by atoms with Gasteiger partial charge in [-0.3, -0.25) is 0 Å². The molecule has 0 bridgehead atoms. The fourth-order valence-corrected chi connectivity index (χ4v) is 2.76. The lowest BCUT2D eigenvalue weighted by atomic mass is 9.94. The number of hydrogen-bond donors (Lipinski definition) is 1. The quantitative estimate of drug-likeness (QED) is 0.906. The molecule has 1 aromatic carbocycles. The van der Waals surface area contributed by atoms with Gasteiger partial charge in [0.05, 0.1) is 15.6 Å². The molecule has 0 radical (unpaired) electrons. The summed E-state index contributed by atoms with van der Waals surface area (Å²) in [7, 11) is 0. The highest BCUT2D eigenvalue weighted by molar-refractivity contribution is 7.11. The summed E-state index contributed by atoms with van der Waals surface area (Å²) >= 11 is 1.34. The van der Waals surface area contributed by atoms with Crippen LogP contribution in [0.4, 0.5) is 0 Å². The van der Waals surface area contributed by atoms with Gasteiger partial charge in [0.1, 0.15) is 5.60 Å². The lowest BCUT2D eigenvalue weighted by Gasteiger charge is -2.22. The second kappa shape index (κ2) is 4.59. The summed E-state index contributed by atoms with van der Waals surface area (Å²) in [6.45, 7) is 5.17. The van der Waals surface area contributed by atoms with Crippen molar-refractivity contribution in [3.05, 3.63) is 51.5 Å². The fourth-order valence-electron chi connectivity index (χ4n) is 1.84. The van der Waals surface area contributed by atoms with Gasteiger partial charge in [-0.2, -0.15) is 0 Å². The third kappa shape index (κ3) is 2.73. The van der Waals surface area contributed by atoms with E-state index < -0.39 is 12.0 Å². The molecular weight excluding hydrogens is 230 g/mol. The average Bonchev–Trinajstić information content (AvgIpc) is 2.70. The summed E-state index contributed by atoms with van der Waals surface area (Å²) in [5.74, 6) is 0. The van der Waals surface area contributed by atoms with Crippen molar-refractivity contribution < 1.29 is 7.85 Å². The standard InChI is InChI=1S/C14H17NOS/c1-10-13(17-11(2)15-10)14(3,16)9-12-7-5-4-6-8-12/h4-8,16H,9H2,1-3H3/i9D2. The first-order valence-corrected chi connectivity index (χ1v) is 6.31. The van der Waals surface area contributed by atoms with Crippen molar-refractivity contribution >= 4 is 11.3 Å². The van der Waals surface area contributed by atoms with Crippen LogP contribution in [0.5, 0.6) is 0 Å². The molecular formula is C14H17NOS. The van der Waals surface area contributed by atoms with E-state index in [1.165, 1.54) is 18.3 Å². The van der Waals surface area contributed by atoms with Crippen molar-refractivity contribution in [2.45, 2.75) is 32.7 Å². The number of aryl methyl sites for hydroxylation is 2. The van der Waals surface area contributed by atoms with E-state index in [2.05, 4.69) is 4.98 Å². The molecule has 1 atom stereocenters. The van der Waals surface area contributed by atoms with E-state index in [9.17, 15) is 5.11 Å². The molecule has 1 unspecified atom stereocenters. The van der Waals surface area contributed by atoms with Crippen LogP contribution in [0.3, 0.4) is 0 Å². The van der Waals surface area contributed by atoms with E-state index in [1.807, 2.05) is 13.0 Å². The number of aromatic nitrogens is 1. The topological polar surface area (TPSA) is 33.1 Å². The number of aliphatic hydroxyl groups is 1. The van der Waals surface area contributed by atoms with Crippen molar-refractivity contribution in [1.29, 1.82) is 0 Å².